The third-order valence-corrected chi connectivity index (χ3v) is 2.72. The Kier molecular flexibility index (Phi) is 2.61. The molecule has 0 aliphatic carbocycles. The van der Waals surface area contributed by atoms with Crippen LogP contribution in [0.4, 0.5) is 0 Å². The lowest BCUT2D eigenvalue weighted by molar-refractivity contribution is 0.290. The average molecular weight is 165 g/mol. The van der Waals surface area contributed by atoms with E-state index < -0.39 is 0 Å². The maximum absolute atomic E-state index is 4.14. The van der Waals surface area contributed by atoms with Crippen LogP contribution in [0, 0.1) is 5.41 Å². The van der Waals surface area contributed by atoms with Crippen molar-refractivity contribution >= 4 is 0 Å². The van der Waals surface area contributed by atoms with Crippen molar-refractivity contribution in [3.05, 3.63) is 24.4 Å². The maximum Gasteiger partial charge on any atom is 0.0353 e. The first-order chi connectivity index (χ1) is 5.54. The number of rotatable bonds is 0. The third-order valence-electron chi connectivity index (χ3n) is 2.72. The van der Waals surface area contributed by atoms with E-state index in [-0.39, 0.29) is 5.41 Å². The number of hydrogen-bond acceptors (Lipinski definition) is 1. The molecule has 0 aromatic heterocycles. The van der Waals surface area contributed by atoms with E-state index in [0.717, 1.165) is 6.54 Å². The number of likely N-dealkylation sites (N-methyl/N-ethyl adjacent to an activating group) is 1. The van der Waals surface area contributed by atoms with Crippen molar-refractivity contribution in [3.63, 3.8) is 0 Å². The Hall–Kier alpha value is -0.720. The number of hydrogen-bond donors (Lipinski definition) is 0. The standard InChI is InChI=1S/C11H19N/c1-10-11(2,3)8-6-5-7-9-12(10)4/h5,7H,1,6,8-9H2,2-4H3/b7-5-. The Bertz CT molecular complexity index is 201. The lowest BCUT2D eigenvalue weighted by atomic mass is 9.83. The van der Waals surface area contributed by atoms with Crippen molar-refractivity contribution < 1.29 is 0 Å². The van der Waals surface area contributed by atoms with E-state index in [0.29, 0.717) is 0 Å². The second-order valence-corrected chi connectivity index (χ2v) is 4.22. The van der Waals surface area contributed by atoms with Crippen LogP contribution in [0.5, 0.6) is 0 Å². The van der Waals surface area contributed by atoms with E-state index in [1.807, 2.05) is 0 Å². The van der Waals surface area contributed by atoms with Gasteiger partial charge in [0.05, 0.1) is 0 Å². The molecule has 1 rings (SSSR count). The summed E-state index contributed by atoms with van der Waals surface area (Å²) in [7, 11) is 2.11. The van der Waals surface area contributed by atoms with Gasteiger partial charge in [-0.05, 0) is 12.8 Å². The summed E-state index contributed by atoms with van der Waals surface area (Å²) >= 11 is 0. The van der Waals surface area contributed by atoms with Gasteiger partial charge in [0.15, 0.2) is 0 Å². The zero-order chi connectivity index (χ0) is 9.19. The van der Waals surface area contributed by atoms with E-state index in [9.17, 15) is 0 Å². The first kappa shape index (κ1) is 9.37. The van der Waals surface area contributed by atoms with E-state index in [2.05, 4.69) is 44.5 Å². The zero-order valence-electron chi connectivity index (χ0n) is 8.43. The van der Waals surface area contributed by atoms with Crippen molar-refractivity contribution in [1.82, 2.24) is 4.90 Å². The molecule has 0 fully saturated rings. The summed E-state index contributed by atoms with van der Waals surface area (Å²) in [5, 5.41) is 0. The summed E-state index contributed by atoms with van der Waals surface area (Å²) in [5.41, 5.74) is 1.52. The normalized spacial score (nSPS) is 26.2. The minimum atomic E-state index is 0.263. The monoisotopic (exact) mass is 165 g/mol. The lowest BCUT2D eigenvalue weighted by Gasteiger charge is -2.35. The summed E-state index contributed by atoms with van der Waals surface area (Å²) in [4.78, 5) is 2.23. The molecule has 0 atom stereocenters. The molecule has 1 heterocycles. The van der Waals surface area contributed by atoms with Crippen molar-refractivity contribution in [3.8, 4) is 0 Å². The van der Waals surface area contributed by atoms with Gasteiger partial charge in [0.25, 0.3) is 0 Å². The van der Waals surface area contributed by atoms with E-state index in [1.165, 1.54) is 18.5 Å². The molecule has 0 aromatic rings. The highest BCUT2D eigenvalue weighted by Gasteiger charge is 2.24. The molecule has 1 heteroatoms. The van der Waals surface area contributed by atoms with Crippen LogP contribution in [0.2, 0.25) is 0 Å². The van der Waals surface area contributed by atoms with Crippen LogP contribution < -0.4 is 0 Å². The van der Waals surface area contributed by atoms with Gasteiger partial charge in [0, 0.05) is 24.7 Å². The number of nitrogens with zero attached hydrogens (tertiary/aromatic N) is 1. The minimum Gasteiger partial charge on any atom is -0.374 e. The van der Waals surface area contributed by atoms with Crippen LogP contribution in [0.15, 0.2) is 24.4 Å². The Morgan fingerprint density at radius 2 is 2.08 bits per heavy atom. The molecule has 0 spiro atoms. The molecular formula is C11H19N. The van der Waals surface area contributed by atoms with Gasteiger partial charge in [-0.2, -0.15) is 0 Å². The second kappa shape index (κ2) is 3.34. The fourth-order valence-corrected chi connectivity index (χ4v) is 1.57. The molecule has 0 radical (unpaired) electrons. The van der Waals surface area contributed by atoms with Gasteiger partial charge in [-0.3, -0.25) is 0 Å². The van der Waals surface area contributed by atoms with Crippen LogP contribution in [0.1, 0.15) is 26.7 Å². The molecule has 0 saturated carbocycles. The molecule has 0 N–H and O–H groups in total. The summed E-state index contributed by atoms with van der Waals surface area (Å²) in [5.74, 6) is 0. The zero-order valence-corrected chi connectivity index (χ0v) is 8.43. The molecule has 1 aliphatic rings. The summed E-state index contributed by atoms with van der Waals surface area (Å²) in [6.07, 6.45) is 6.87. The van der Waals surface area contributed by atoms with Gasteiger partial charge in [-0.15, -0.1) is 0 Å². The molecule has 0 saturated heterocycles. The highest BCUT2D eigenvalue weighted by molar-refractivity contribution is 5.09. The maximum atomic E-state index is 4.14. The molecule has 0 unspecified atom stereocenters. The summed E-state index contributed by atoms with van der Waals surface area (Å²) < 4.78 is 0. The fraction of sp³-hybridized carbons (Fsp3) is 0.636. The van der Waals surface area contributed by atoms with Crippen LogP contribution >= 0.6 is 0 Å². The quantitative estimate of drug-likeness (QED) is 0.499. The van der Waals surface area contributed by atoms with Crippen LogP contribution in [0.25, 0.3) is 0 Å². The average Bonchev–Trinajstić information content (AvgIpc) is 2.00. The van der Waals surface area contributed by atoms with Crippen LogP contribution in [0.3, 0.4) is 0 Å². The van der Waals surface area contributed by atoms with Crippen molar-refractivity contribution in [2.45, 2.75) is 26.7 Å². The number of allylic oxidation sites excluding steroid dienone is 2. The minimum absolute atomic E-state index is 0.263. The van der Waals surface area contributed by atoms with Gasteiger partial charge in [-0.25, -0.2) is 0 Å². The summed E-state index contributed by atoms with van der Waals surface area (Å²) in [6, 6.07) is 0. The highest BCUT2D eigenvalue weighted by Crippen LogP contribution is 2.33. The van der Waals surface area contributed by atoms with E-state index >= 15 is 0 Å². The Morgan fingerprint density at radius 1 is 1.42 bits per heavy atom. The Morgan fingerprint density at radius 3 is 2.75 bits per heavy atom. The molecule has 1 aliphatic heterocycles. The van der Waals surface area contributed by atoms with Gasteiger partial charge < -0.3 is 4.90 Å². The summed E-state index contributed by atoms with van der Waals surface area (Å²) in [6.45, 7) is 9.68. The van der Waals surface area contributed by atoms with Crippen molar-refractivity contribution in [2.24, 2.45) is 5.41 Å². The first-order valence-corrected chi connectivity index (χ1v) is 4.59. The molecule has 1 nitrogen and oxygen atoms in total. The van der Waals surface area contributed by atoms with E-state index in [1.54, 1.807) is 0 Å². The van der Waals surface area contributed by atoms with Gasteiger partial charge >= 0.3 is 0 Å². The van der Waals surface area contributed by atoms with Gasteiger partial charge in [0.2, 0.25) is 0 Å². The smallest absolute Gasteiger partial charge is 0.0353 e. The second-order valence-electron chi connectivity index (χ2n) is 4.22. The SMILES string of the molecule is C=C1N(C)C/C=C\CCC1(C)C. The molecule has 12 heavy (non-hydrogen) atoms. The molecule has 0 aromatic carbocycles. The lowest BCUT2D eigenvalue weighted by Crippen LogP contribution is -2.29. The Labute approximate surface area is 75.8 Å². The third kappa shape index (κ3) is 1.90. The molecular weight excluding hydrogens is 146 g/mol. The van der Waals surface area contributed by atoms with Crippen molar-refractivity contribution in [1.29, 1.82) is 0 Å². The highest BCUT2D eigenvalue weighted by atomic mass is 15.1. The van der Waals surface area contributed by atoms with Crippen LogP contribution in [-0.4, -0.2) is 18.5 Å². The van der Waals surface area contributed by atoms with Crippen molar-refractivity contribution in [2.75, 3.05) is 13.6 Å². The molecule has 68 valence electrons. The van der Waals surface area contributed by atoms with Gasteiger partial charge in [0.1, 0.15) is 0 Å². The Balaban J connectivity index is 2.79. The van der Waals surface area contributed by atoms with Gasteiger partial charge in [-0.1, -0.05) is 32.6 Å². The first-order valence-electron chi connectivity index (χ1n) is 4.59. The topological polar surface area (TPSA) is 3.24 Å². The molecule has 0 amide bonds. The largest absolute Gasteiger partial charge is 0.374 e. The predicted molar refractivity (Wildman–Crippen MR) is 53.9 cm³/mol. The van der Waals surface area contributed by atoms with E-state index in [4.69, 9.17) is 0 Å². The predicted octanol–water partition coefficient (Wildman–Crippen LogP) is 2.81. The van der Waals surface area contributed by atoms with Crippen LogP contribution in [-0.2, 0) is 0 Å². The molecule has 0 bridgehead atoms. The fourth-order valence-electron chi connectivity index (χ4n) is 1.57.